The molecule has 0 atom stereocenters. The zero-order valence-electron chi connectivity index (χ0n) is 14.6. The fourth-order valence-electron chi connectivity index (χ4n) is 3.01. The van der Waals surface area contributed by atoms with E-state index < -0.39 is 0 Å². The molecule has 0 bridgehead atoms. The molecule has 0 aliphatic heterocycles. The Balaban J connectivity index is 0. The molecule has 122 valence electrons. The first-order chi connectivity index (χ1) is 9.35. The average molecular weight is 298 g/mol. The Labute approximate surface area is 133 Å². The summed E-state index contributed by atoms with van der Waals surface area (Å²) in [6, 6.07) is 0. The Bertz CT molecular complexity index is 133. The molecule has 0 aromatic heterocycles. The topological polar surface area (TPSA) is 28.5 Å². The third-order valence-electron chi connectivity index (χ3n) is 4.40. The summed E-state index contributed by atoms with van der Waals surface area (Å²) in [7, 11) is 0. The Hall–Kier alpha value is 0.492. The molecule has 0 spiro atoms. The minimum absolute atomic E-state index is 0. The molecule has 0 aliphatic carbocycles. The van der Waals surface area contributed by atoms with Gasteiger partial charge >= 0.3 is 0 Å². The number of hydrogen-bond donors (Lipinski definition) is 0. The first-order valence-electron chi connectivity index (χ1n) is 9.35. The van der Waals surface area contributed by atoms with Crippen molar-refractivity contribution in [1.29, 1.82) is 0 Å². The van der Waals surface area contributed by atoms with Gasteiger partial charge in [0.25, 0.3) is 14.1 Å². The van der Waals surface area contributed by atoms with E-state index in [2.05, 4.69) is 20.8 Å². The van der Waals surface area contributed by atoms with Gasteiger partial charge in [-0.1, -0.05) is 114 Å². The van der Waals surface area contributed by atoms with Crippen molar-refractivity contribution in [2.24, 2.45) is 0 Å². The van der Waals surface area contributed by atoms with Crippen LogP contribution in [0.3, 0.4) is 0 Å². The van der Waals surface area contributed by atoms with E-state index in [1.54, 1.807) is 35.1 Å². The van der Waals surface area contributed by atoms with Gasteiger partial charge in [0.15, 0.2) is 0 Å². The molecule has 0 radical (unpaired) electrons. The largest absolute Gasteiger partial charge is 2.00 e. The van der Waals surface area contributed by atoms with E-state index in [0.717, 1.165) is 0 Å². The van der Waals surface area contributed by atoms with Crippen molar-refractivity contribution in [3.8, 4) is 0 Å². The molecule has 0 saturated heterocycles. The quantitative estimate of drug-likeness (QED) is 0.228. The Kier molecular flexibility index (Phi) is 22.2. The average Bonchev–Trinajstić information content (AvgIpc) is 2.43. The summed E-state index contributed by atoms with van der Waals surface area (Å²) in [5.41, 5.74) is 0. The highest BCUT2D eigenvalue weighted by molar-refractivity contribution is 6.58. The summed E-state index contributed by atoms with van der Waals surface area (Å²) in [6.07, 6.45) is 17.7. The monoisotopic (exact) mass is 298 g/mol. The van der Waals surface area contributed by atoms with Crippen molar-refractivity contribution in [3.05, 3.63) is 0 Å². The van der Waals surface area contributed by atoms with Crippen LogP contribution in [0.5, 0.6) is 0 Å². The molecule has 0 N–H and O–H groups in total. The molecule has 0 aromatic carbocycles. The van der Waals surface area contributed by atoms with Crippen LogP contribution in [0.2, 0.25) is 15.8 Å². The van der Waals surface area contributed by atoms with Crippen LogP contribution in [0, 0.1) is 0 Å². The standard InChI is InChI=1S/3C6H13.Al.O/c3*1-3-5-6-4-2;;/h3*1,3-6H2,2H3;;/q;;;;-2. The lowest BCUT2D eigenvalue weighted by atomic mass is 10.2. The summed E-state index contributed by atoms with van der Waals surface area (Å²) >= 11 is -0.362. The van der Waals surface area contributed by atoms with Gasteiger partial charge in [0.1, 0.15) is 0 Å². The lowest BCUT2D eigenvalue weighted by Crippen LogP contribution is -2.11. The predicted octanol–water partition coefficient (Wildman–Crippen LogP) is 7.10. The lowest BCUT2D eigenvalue weighted by molar-refractivity contribution is 0.672. The maximum absolute atomic E-state index is 2.32. The van der Waals surface area contributed by atoms with Gasteiger partial charge in [0, 0.05) is 0 Å². The van der Waals surface area contributed by atoms with Gasteiger partial charge in [-0.15, -0.1) is 0 Å². The van der Waals surface area contributed by atoms with Crippen LogP contribution in [0.25, 0.3) is 0 Å². The second kappa shape index (κ2) is 19.5. The molecular weight excluding hydrogens is 259 g/mol. The zero-order valence-corrected chi connectivity index (χ0v) is 15.7. The van der Waals surface area contributed by atoms with Crippen molar-refractivity contribution in [1.82, 2.24) is 0 Å². The van der Waals surface area contributed by atoms with E-state index in [9.17, 15) is 0 Å². The summed E-state index contributed by atoms with van der Waals surface area (Å²) < 4.78 is 0. The molecule has 0 unspecified atom stereocenters. The predicted molar refractivity (Wildman–Crippen MR) is 93.3 cm³/mol. The minimum atomic E-state index is -0.362. The van der Waals surface area contributed by atoms with Gasteiger partial charge < -0.3 is 5.48 Å². The van der Waals surface area contributed by atoms with Crippen molar-refractivity contribution in [2.45, 2.75) is 114 Å². The van der Waals surface area contributed by atoms with Gasteiger partial charge in [-0.2, -0.15) is 0 Å². The normalized spacial score (nSPS) is 10.3. The second-order valence-electron chi connectivity index (χ2n) is 6.41. The van der Waals surface area contributed by atoms with Crippen LogP contribution in [-0.4, -0.2) is 14.1 Å². The number of rotatable bonds is 15. The van der Waals surface area contributed by atoms with Crippen molar-refractivity contribution < 1.29 is 5.48 Å². The molecule has 2 heteroatoms. The van der Waals surface area contributed by atoms with E-state index in [1.165, 1.54) is 57.8 Å². The number of hydrogen-bond acceptors (Lipinski definition) is 0. The third kappa shape index (κ3) is 16.5. The lowest BCUT2D eigenvalue weighted by Gasteiger charge is -2.11. The summed E-state index contributed by atoms with van der Waals surface area (Å²) in [5.74, 6) is 0. The highest BCUT2D eigenvalue weighted by atomic mass is 27.2. The van der Waals surface area contributed by atoms with Gasteiger partial charge in [0.05, 0.1) is 0 Å². The molecule has 0 fully saturated rings. The summed E-state index contributed by atoms with van der Waals surface area (Å²) in [5, 5.41) is 4.95. The van der Waals surface area contributed by atoms with Crippen molar-refractivity contribution in [2.75, 3.05) is 0 Å². The van der Waals surface area contributed by atoms with E-state index in [1.807, 2.05) is 0 Å². The highest BCUT2D eigenvalue weighted by Gasteiger charge is 2.15. The molecule has 0 saturated carbocycles. The Morgan fingerprint density at radius 1 is 0.450 bits per heavy atom. The smallest absolute Gasteiger partial charge is 0.261 e. The fraction of sp³-hybridized carbons (Fsp3) is 1.00. The Morgan fingerprint density at radius 3 is 1.00 bits per heavy atom. The second-order valence-corrected chi connectivity index (χ2v) is 9.88. The van der Waals surface area contributed by atoms with Gasteiger partial charge in [-0.25, -0.2) is 0 Å². The first kappa shape index (κ1) is 22.8. The maximum atomic E-state index is 2.32. The van der Waals surface area contributed by atoms with Crippen LogP contribution < -0.4 is 0 Å². The third-order valence-corrected chi connectivity index (χ3v) is 8.07. The van der Waals surface area contributed by atoms with E-state index >= 15 is 0 Å². The fourth-order valence-corrected chi connectivity index (χ4v) is 6.48. The zero-order chi connectivity index (χ0) is 14.2. The molecule has 0 heterocycles. The maximum Gasteiger partial charge on any atom is 0.261 e. The minimum Gasteiger partial charge on any atom is -2.00 e. The number of unbranched alkanes of at least 4 members (excludes halogenated alkanes) is 9. The van der Waals surface area contributed by atoms with Crippen molar-refractivity contribution >= 4 is 14.1 Å². The van der Waals surface area contributed by atoms with Gasteiger partial charge in [0.2, 0.25) is 0 Å². The molecule has 0 aromatic rings. The molecule has 1 nitrogen and oxygen atoms in total. The van der Waals surface area contributed by atoms with Gasteiger partial charge in [-0.3, -0.25) is 0 Å². The first-order valence-corrected chi connectivity index (χ1v) is 11.8. The van der Waals surface area contributed by atoms with Crippen LogP contribution >= 0.6 is 0 Å². The van der Waals surface area contributed by atoms with Crippen LogP contribution in [0.4, 0.5) is 0 Å². The SMILES string of the molecule is CCCCC[CH2][Al]([CH2]CCCCC)[CH2]CCCCC.[O-2]. The summed E-state index contributed by atoms with van der Waals surface area (Å²) in [4.78, 5) is 0. The summed E-state index contributed by atoms with van der Waals surface area (Å²) in [6.45, 7) is 6.97. The molecule has 0 rings (SSSR count). The van der Waals surface area contributed by atoms with Crippen LogP contribution in [0.15, 0.2) is 0 Å². The molecule has 20 heavy (non-hydrogen) atoms. The van der Waals surface area contributed by atoms with Crippen LogP contribution in [0.1, 0.15) is 97.8 Å². The molecular formula is C18H39AlO-2. The van der Waals surface area contributed by atoms with Crippen LogP contribution in [-0.2, 0) is 5.48 Å². The Morgan fingerprint density at radius 2 is 0.750 bits per heavy atom. The van der Waals surface area contributed by atoms with E-state index in [0.29, 0.717) is 0 Å². The molecule has 0 aliphatic rings. The highest BCUT2D eigenvalue weighted by Crippen LogP contribution is 2.19. The molecule has 0 amide bonds. The van der Waals surface area contributed by atoms with Crippen molar-refractivity contribution in [3.63, 3.8) is 0 Å². The van der Waals surface area contributed by atoms with E-state index in [4.69, 9.17) is 0 Å². The van der Waals surface area contributed by atoms with E-state index in [-0.39, 0.29) is 19.6 Å². The van der Waals surface area contributed by atoms with Gasteiger partial charge in [-0.05, 0) is 0 Å².